The number of carboxylic acid groups (broad SMARTS) is 1. The van der Waals surface area contributed by atoms with Crippen LogP contribution in [0.3, 0.4) is 0 Å². The Kier molecular flexibility index (Phi) is 25.6. The molecule has 26 nitrogen and oxygen atoms in total. The van der Waals surface area contributed by atoms with Crippen molar-refractivity contribution in [3.63, 3.8) is 0 Å². The Labute approximate surface area is 471 Å². The van der Waals surface area contributed by atoms with Crippen LogP contribution in [-0.4, -0.2) is 226 Å². The standard InChI is InChI=1S/C53H67F4N5O21/c1-29-40(54)42(56)43(57)49(41(29)55)82-39(68)12-14-75-17-19-77-21-22-78-20-18-76-16-13-62-26-33(60-61-62)11-15-79-51-48(72)47(71)46(70)36(81-51)28-80-53(52(73)74)24-34(64)44(59-38(67)27-63)50(83-53)45(69)35(65)25-58-37(66)23-30-7-9-32(10-8-30)31-5-3-2-4-6-31/h2-10,26,34-36,44-48,50-51,63-65,69-72H,11-25,27-28H2,1H3,(H,58,66)(H,59,67)(H,73,74)/t34-,35+,36+,44+,45+,46-,47-,48+,50+,51+,53+/m0/s1. The number of aliphatic carboxylic acids is 1. The van der Waals surface area contributed by atoms with Crippen molar-refractivity contribution >= 4 is 23.8 Å². The van der Waals surface area contributed by atoms with Crippen LogP contribution in [0.2, 0.25) is 0 Å². The molecule has 1 aromatic heterocycles. The number of nitrogens with one attached hydrogen (secondary N) is 2. The lowest BCUT2D eigenvalue weighted by Gasteiger charge is -2.47. The fraction of sp³-hybridized carbons (Fsp3) is 0.547. The summed E-state index contributed by atoms with van der Waals surface area (Å²) in [6, 6.07) is 15.0. The van der Waals surface area contributed by atoms with Gasteiger partial charge in [-0.3, -0.25) is 14.4 Å². The molecule has 83 heavy (non-hydrogen) atoms. The molecule has 0 unspecified atom stereocenters. The summed E-state index contributed by atoms with van der Waals surface area (Å²) in [6.45, 7) is -0.555. The first kappa shape index (κ1) is 65.9. The summed E-state index contributed by atoms with van der Waals surface area (Å²) in [7, 11) is 0. The number of carbonyl (C=O) groups is 4. The summed E-state index contributed by atoms with van der Waals surface area (Å²) in [4.78, 5) is 50.0. The van der Waals surface area contributed by atoms with E-state index in [1.54, 1.807) is 18.3 Å². The second kappa shape index (κ2) is 32.2. The molecule has 2 aliphatic heterocycles. The van der Waals surface area contributed by atoms with Gasteiger partial charge in [-0.05, 0) is 23.6 Å². The van der Waals surface area contributed by atoms with E-state index in [0.717, 1.165) is 18.1 Å². The van der Waals surface area contributed by atoms with E-state index in [4.69, 9.17) is 37.9 Å². The lowest BCUT2D eigenvalue weighted by molar-refractivity contribution is -0.338. The van der Waals surface area contributed by atoms with Crippen molar-refractivity contribution < 1.29 is 120 Å². The molecule has 0 bridgehead atoms. The van der Waals surface area contributed by atoms with Gasteiger partial charge in [0.25, 0.3) is 5.79 Å². The summed E-state index contributed by atoms with van der Waals surface area (Å²) in [5.41, 5.74) is 2.11. The predicted octanol–water partition coefficient (Wildman–Crippen LogP) is -1.26. The number of carbonyl (C=O) groups excluding carboxylic acids is 3. The lowest BCUT2D eigenvalue weighted by atomic mass is 9.88. The van der Waals surface area contributed by atoms with Crippen LogP contribution in [0.4, 0.5) is 17.6 Å². The van der Waals surface area contributed by atoms with Crippen LogP contribution < -0.4 is 15.4 Å². The minimum Gasteiger partial charge on any atom is -0.477 e. The van der Waals surface area contributed by atoms with Crippen molar-refractivity contribution in [3.8, 4) is 16.9 Å². The van der Waals surface area contributed by atoms with Gasteiger partial charge in [-0.2, -0.15) is 4.39 Å². The van der Waals surface area contributed by atoms with E-state index in [9.17, 15) is 77.6 Å². The minimum absolute atomic E-state index is 0.0542. The van der Waals surface area contributed by atoms with Gasteiger partial charge >= 0.3 is 11.9 Å². The van der Waals surface area contributed by atoms with Gasteiger partial charge in [0.2, 0.25) is 23.4 Å². The number of carboxylic acids is 1. The second-order valence-electron chi connectivity index (χ2n) is 19.1. The molecule has 0 aliphatic carbocycles. The average Bonchev–Trinajstić information content (AvgIpc) is 3.37. The Hall–Kier alpha value is -6.20. The van der Waals surface area contributed by atoms with Gasteiger partial charge in [0.15, 0.2) is 23.7 Å². The fourth-order valence-electron chi connectivity index (χ4n) is 8.50. The molecular weight excluding hydrogens is 1120 g/mol. The Bertz CT molecular complexity index is 2690. The minimum atomic E-state index is -2.88. The van der Waals surface area contributed by atoms with E-state index in [0.29, 0.717) is 17.8 Å². The van der Waals surface area contributed by atoms with Crippen LogP contribution in [0, 0.1) is 30.2 Å². The largest absolute Gasteiger partial charge is 0.477 e. The SMILES string of the molecule is Cc1c(F)c(F)c(F)c(OC(=O)CCOCCOCCOCCOCCn2cc(CCO[C@@H]3O[C@H](CO[C@]4(C(=O)O)C[C@H](O)[C@@H](NC(=O)CO)[C@H]([C@H](O)[C@H](O)CNC(=O)Cc5ccc(-c6ccccc6)cc5)O4)[C@H](O)[C@H](O)[C@H]3O)nn2)c1F. The smallest absolute Gasteiger partial charge is 0.364 e. The molecule has 3 aromatic carbocycles. The molecule has 2 aliphatic rings. The van der Waals surface area contributed by atoms with Gasteiger partial charge < -0.3 is 94.1 Å². The van der Waals surface area contributed by atoms with Crippen LogP contribution in [0.15, 0.2) is 60.8 Å². The highest BCUT2D eigenvalue weighted by molar-refractivity contribution is 5.79. The molecule has 2 amide bonds. The van der Waals surface area contributed by atoms with E-state index in [-0.39, 0.29) is 72.3 Å². The van der Waals surface area contributed by atoms with Crippen LogP contribution >= 0.6 is 0 Å². The van der Waals surface area contributed by atoms with Crippen molar-refractivity contribution in [1.29, 1.82) is 0 Å². The number of halogens is 4. The Morgan fingerprint density at radius 2 is 1.42 bits per heavy atom. The molecule has 6 rings (SSSR count). The quantitative estimate of drug-likeness (QED) is 0.00665. The molecule has 0 spiro atoms. The van der Waals surface area contributed by atoms with E-state index >= 15 is 0 Å². The van der Waals surface area contributed by atoms with Gasteiger partial charge in [0, 0.05) is 31.1 Å². The third-order valence-electron chi connectivity index (χ3n) is 13.1. The maximum absolute atomic E-state index is 14.1. The first-order valence-electron chi connectivity index (χ1n) is 26.2. The maximum Gasteiger partial charge on any atom is 0.364 e. The highest BCUT2D eigenvalue weighted by atomic mass is 19.2. The average molecular weight is 1190 g/mol. The molecule has 2 fully saturated rings. The number of ether oxygens (including phenoxy) is 9. The van der Waals surface area contributed by atoms with Gasteiger partial charge in [-0.1, -0.05) is 59.8 Å². The summed E-state index contributed by atoms with van der Waals surface area (Å²) in [6.07, 6.45) is -16.6. The van der Waals surface area contributed by atoms with Gasteiger partial charge in [-0.15, -0.1) is 5.10 Å². The highest BCUT2D eigenvalue weighted by Gasteiger charge is 2.57. The fourth-order valence-corrected chi connectivity index (χ4v) is 8.50. The van der Waals surface area contributed by atoms with E-state index < -0.39 is 158 Å². The number of aliphatic hydroxyl groups excluding tert-OH is 7. The van der Waals surface area contributed by atoms with Crippen molar-refractivity contribution in [2.75, 3.05) is 79.2 Å². The molecule has 2 saturated heterocycles. The first-order chi connectivity index (χ1) is 39.7. The number of aliphatic hydroxyl groups is 7. The third-order valence-corrected chi connectivity index (χ3v) is 13.1. The Morgan fingerprint density at radius 1 is 0.783 bits per heavy atom. The van der Waals surface area contributed by atoms with E-state index in [2.05, 4.69) is 25.7 Å². The van der Waals surface area contributed by atoms with Gasteiger partial charge in [0.1, 0.15) is 43.2 Å². The molecule has 10 N–H and O–H groups in total. The van der Waals surface area contributed by atoms with Crippen molar-refractivity contribution in [3.05, 3.63) is 101 Å². The zero-order chi connectivity index (χ0) is 60.2. The normalized spacial score (nSPS) is 23.3. The number of hydrogen-bond donors (Lipinski definition) is 10. The monoisotopic (exact) mass is 1190 g/mol. The third kappa shape index (κ3) is 18.6. The van der Waals surface area contributed by atoms with Crippen LogP contribution in [0.25, 0.3) is 11.1 Å². The van der Waals surface area contributed by atoms with Crippen LogP contribution in [-0.2, 0) is 76.5 Å². The summed E-state index contributed by atoms with van der Waals surface area (Å²) in [5, 5.41) is 98.6. The van der Waals surface area contributed by atoms with Crippen LogP contribution in [0.1, 0.15) is 29.7 Å². The molecule has 30 heteroatoms. The van der Waals surface area contributed by atoms with Crippen LogP contribution in [0.5, 0.6) is 5.75 Å². The lowest BCUT2D eigenvalue weighted by Crippen LogP contribution is -2.69. The molecule has 0 radical (unpaired) electrons. The Morgan fingerprint density at radius 3 is 2.07 bits per heavy atom. The number of amides is 2. The topological polar surface area (TPSA) is 368 Å². The number of hydrogen-bond acceptors (Lipinski definition) is 22. The second-order valence-corrected chi connectivity index (χ2v) is 19.1. The summed E-state index contributed by atoms with van der Waals surface area (Å²) in [5.74, 6) is -16.0. The highest BCUT2D eigenvalue weighted by Crippen LogP contribution is 2.35. The van der Waals surface area contributed by atoms with Crippen molar-refractivity contribution in [2.45, 2.75) is 106 Å². The summed E-state index contributed by atoms with van der Waals surface area (Å²) >= 11 is 0. The zero-order valence-corrected chi connectivity index (χ0v) is 44.8. The molecule has 0 saturated carbocycles. The summed E-state index contributed by atoms with van der Waals surface area (Å²) < 4.78 is 105. The number of aromatic nitrogens is 3. The number of benzene rings is 3. The molecule has 4 aromatic rings. The maximum atomic E-state index is 14.1. The first-order valence-corrected chi connectivity index (χ1v) is 26.2. The van der Waals surface area contributed by atoms with Crippen molar-refractivity contribution in [2.24, 2.45) is 0 Å². The van der Waals surface area contributed by atoms with E-state index in [1.807, 2.05) is 42.5 Å². The van der Waals surface area contributed by atoms with Gasteiger partial charge in [-0.25, -0.2) is 22.6 Å². The number of nitrogens with zero attached hydrogens (tertiary/aromatic N) is 3. The predicted molar refractivity (Wildman–Crippen MR) is 272 cm³/mol. The molecular formula is C53H67F4N5O21. The van der Waals surface area contributed by atoms with E-state index in [1.165, 1.54) is 4.68 Å². The molecule has 3 heterocycles. The number of esters is 1. The van der Waals surface area contributed by atoms with Crippen molar-refractivity contribution in [1.82, 2.24) is 25.6 Å². The Balaban J connectivity index is 0.877. The molecule has 11 atom stereocenters. The van der Waals surface area contributed by atoms with Gasteiger partial charge in [0.05, 0.1) is 109 Å². The zero-order valence-electron chi connectivity index (χ0n) is 44.8. The molecule has 458 valence electrons. The number of rotatable bonds is 33.